The van der Waals surface area contributed by atoms with Crippen molar-refractivity contribution in [3.05, 3.63) is 0 Å². The van der Waals surface area contributed by atoms with Crippen molar-refractivity contribution in [2.75, 3.05) is 7.11 Å². The summed E-state index contributed by atoms with van der Waals surface area (Å²) in [6.07, 6.45) is 4.29. The van der Waals surface area contributed by atoms with Gasteiger partial charge in [-0.15, -0.1) is 0 Å². The molecular weight excluding hydrogens is 244 g/mol. The molecule has 2 N–H and O–H groups in total. The molecule has 0 aromatic heterocycles. The van der Waals surface area contributed by atoms with Gasteiger partial charge in [-0.25, -0.2) is 4.79 Å². The number of rotatable bonds is 5. The number of hydrogen-bond acceptors (Lipinski definition) is 3. The van der Waals surface area contributed by atoms with Crippen LogP contribution < -0.4 is 10.6 Å². The van der Waals surface area contributed by atoms with Crippen LogP contribution in [0, 0.1) is 11.8 Å². The Hall–Kier alpha value is -1.26. The Kier molecular flexibility index (Phi) is 6.12. The van der Waals surface area contributed by atoms with Crippen molar-refractivity contribution < 1.29 is 14.3 Å². The number of alkyl carbamates (subject to hydrolysis) is 1. The first-order valence-corrected chi connectivity index (χ1v) is 7.10. The Balaban J connectivity index is 2.53. The maximum Gasteiger partial charge on any atom is 0.407 e. The van der Waals surface area contributed by atoms with Crippen molar-refractivity contribution in [1.82, 2.24) is 10.6 Å². The van der Waals surface area contributed by atoms with Gasteiger partial charge in [-0.3, -0.25) is 4.79 Å². The molecule has 1 aliphatic carbocycles. The fourth-order valence-corrected chi connectivity index (χ4v) is 2.61. The van der Waals surface area contributed by atoms with Crippen molar-refractivity contribution in [3.63, 3.8) is 0 Å². The molecule has 1 fully saturated rings. The highest BCUT2D eigenvalue weighted by atomic mass is 16.5. The third-order valence-corrected chi connectivity index (χ3v) is 3.88. The van der Waals surface area contributed by atoms with Gasteiger partial charge in [-0.1, -0.05) is 26.7 Å². The first kappa shape index (κ1) is 15.8. The van der Waals surface area contributed by atoms with Crippen LogP contribution in [0.5, 0.6) is 0 Å². The van der Waals surface area contributed by atoms with Crippen LogP contribution in [0.25, 0.3) is 0 Å². The number of methoxy groups -OCH3 is 1. The lowest BCUT2D eigenvalue weighted by atomic mass is 9.98. The summed E-state index contributed by atoms with van der Waals surface area (Å²) < 4.78 is 4.56. The summed E-state index contributed by atoms with van der Waals surface area (Å²) in [5, 5.41) is 5.61. The number of amides is 2. The highest BCUT2D eigenvalue weighted by molar-refractivity contribution is 5.86. The molecule has 0 aromatic carbocycles. The van der Waals surface area contributed by atoms with Crippen LogP contribution in [-0.2, 0) is 9.53 Å². The van der Waals surface area contributed by atoms with Gasteiger partial charge >= 0.3 is 6.09 Å². The molecule has 5 nitrogen and oxygen atoms in total. The van der Waals surface area contributed by atoms with Crippen molar-refractivity contribution in [2.24, 2.45) is 11.8 Å². The SMILES string of the molecule is COC(=O)N[C@@H](C(=O)N[C@H](C)C1CCCC1)C(C)C. The molecule has 5 heteroatoms. The highest BCUT2D eigenvalue weighted by Gasteiger charge is 2.28. The van der Waals surface area contributed by atoms with Crippen molar-refractivity contribution in [2.45, 2.75) is 58.5 Å². The molecule has 0 radical (unpaired) electrons. The molecule has 0 aliphatic heterocycles. The van der Waals surface area contributed by atoms with E-state index in [-0.39, 0.29) is 17.9 Å². The lowest BCUT2D eigenvalue weighted by Crippen LogP contribution is -2.52. The molecule has 0 spiro atoms. The van der Waals surface area contributed by atoms with Gasteiger partial charge in [0.25, 0.3) is 0 Å². The van der Waals surface area contributed by atoms with Gasteiger partial charge in [0.2, 0.25) is 5.91 Å². The number of carbonyl (C=O) groups excluding carboxylic acids is 2. The van der Waals surface area contributed by atoms with E-state index in [4.69, 9.17) is 0 Å². The predicted molar refractivity (Wildman–Crippen MR) is 73.7 cm³/mol. The van der Waals surface area contributed by atoms with E-state index < -0.39 is 12.1 Å². The second-order valence-electron chi connectivity index (χ2n) is 5.70. The number of carbonyl (C=O) groups is 2. The van der Waals surface area contributed by atoms with Crippen LogP contribution in [0.15, 0.2) is 0 Å². The van der Waals surface area contributed by atoms with Crippen molar-refractivity contribution in [1.29, 1.82) is 0 Å². The second kappa shape index (κ2) is 7.36. The molecule has 110 valence electrons. The van der Waals surface area contributed by atoms with Gasteiger partial charge in [0.1, 0.15) is 6.04 Å². The molecule has 0 unspecified atom stereocenters. The van der Waals surface area contributed by atoms with E-state index in [2.05, 4.69) is 15.4 Å². The maximum absolute atomic E-state index is 12.2. The molecule has 19 heavy (non-hydrogen) atoms. The summed E-state index contributed by atoms with van der Waals surface area (Å²) in [5.74, 6) is 0.463. The Bertz CT molecular complexity index is 312. The quantitative estimate of drug-likeness (QED) is 0.803. The maximum atomic E-state index is 12.2. The zero-order valence-corrected chi connectivity index (χ0v) is 12.4. The summed E-state index contributed by atoms with van der Waals surface area (Å²) in [5.41, 5.74) is 0. The van der Waals surface area contributed by atoms with Crippen molar-refractivity contribution in [3.8, 4) is 0 Å². The summed E-state index contributed by atoms with van der Waals surface area (Å²) >= 11 is 0. The van der Waals surface area contributed by atoms with Gasteiger partial charge < -0.3 is 15.4 Å². The van der Waals surface area contributed by atoms with Crippen LogP contribution in [0.3, 0.4) is 0 Å². The van der Waals surface area contributed by atoms with Gasteiger partial charge in [-0.2, -0.15) is 0 Å². The van der Waals surface area contributed by atoms with Crippen LogP contribution in [0.1, 0.15) is 46.5 Å². The molecule has 1 aliphatic rings. The zero-order valence-electron chi connectivity index (χ0n) is 12.4. The van der Waals surface area contributed by atoms with Crippen molar-refractivity contribution >= 4 is 12.0 Å². The Morgan fingerprint density at radius 1 is 1.11 bits per heavy atom. The van der Waals surface area contributed by atoms with E-state index in [1.165, 1.54) is 32.8 Å². The average Bonchev–Trinajstić information content (AvgIpc) is 2.88. The summed E-state index contributed by atoms with van der Waals surface area (Å²) in [6.45, 7) is 5.85. The fraction of sp³-hybridized carbons (Fsp3) is 0.857. The fourth-order valence-electron chi connectivity index (χ4n) is 2.61. The monoisotopic (exact) mass is 270 g/mol. The molecule has 2 atom stereocenters. The van der Waals surface area contributed by atoms with Crippen LogP contribution in [0.4, 0.5) is 4.79 Å². The summed E-state index contributed by atoms with van der Waals surface area (Å²) in [4.78, 5) is 23.5. The number of ether oxygens (including phenoxy) is 1. The molecule has 0 saturated heterocycles. The molecule has 1 saturated carbocycles. The number of nitrogens with one attached hydrogen (secondary N) is 2. The average molecular weight is 270 g/mol. The minimum atomic E-state index is -0.567. The molecule has 0 heterocycles. The molecular formula is C14H26N2O3. The third kappa shape index (κ3) is 4.73. The van der Waals surface area contributed by atoms with Gasteiger partial charge in [0.05, 0.1) is 7.11 Å². The molecule has 2 amide bonds. The van der Waals surface area contributed by atoms with E-state index in [9.17, 15) is 9.59 Å². The minimum Gasteiger partial charge on any atom is -0.453 e. The van der Waals surface area contributed by atoms with E-state index >= 15 is 0 Å². The van der Waals surface area contributed by atoms with E-state index in [1.54, 1.807) is 0 Å². The smallest absolute Gasteiger partial charge is 0.407 e. The van der Waals surface area contributed by atoms with E-state index in [0.717, 1.165) is 0 Å². The molecule has 1 rings (SSSR count). The van der Waals surface area contributed by atoms with Crippen LogP contribution >= 0.6 is 0 Å². The number of hydrogen-bond donors (Lipinski definition) is 2. The molecule has 0 aromatic rings. The minimum absolute atomic E-state index is 0.0230. The molecule has 0 bridgehead atoms. The van der Waals surface area contributed by atoms with Gasteiger partial charge in [0, 0.05) is 6.04 Å². The Morgan fingerprint density at radius 3 is 2.16 bits per heavy atom. The van der Waals surface area contributed by atoms with E-state index in [0.29, 0.717) is 5.92 Å². The Morgan fingerprint density at radius 2 is 1.68 bits per heavy atom. The predicted octanol–water partition coefficient (Wildman–Crippen LogP) is 2.06. The van der Waals surface area contributed by atoms with Gasteiger partial charge in [-0.05, 0) is 31.6 Å². The first-order valence-electron chi connectivity index (χ1n) is 7.10. The van der Waals surface area contributed by atoms with Gasteiger partial charge in [0.15, 0.2) is 0 Å². The first-order chi connectivity index (χ1) is 8.95. The normalized spacial score (nSPS) is 19.0. The lowest BCUT2D eigenvalue weighted by Gasteiger charge is -2.26. The third-order valence-electron chi connectivity index (χ3n) is 3.88. The summed E-state index contributed by atoms with van der Waals surface area (Å²) in [6, 6.07) is -0.382. The topological polar surface area (TPSA) is 67.4 Å². The zero-order chi connectivity index (χ0) is 14.4. The van der Waals surface area contributed by atoms with Crippen LogP contribution in [0.2, 0.25) is 0 Å². The highest BCUT2D eigenvalue weighted by Crippen LogP contribution is 2.27. The lowest BCUT2D eigenvalue weighted by molar-refractivity contribution is -0.125. The van der Waals surface area contributed by atoms with E-state index in [1.807, 2.05) is 20.8 Å². The second-order valence-corrected chi connectivity index (χ2v) is 5.70. The van der Waals surface area contributed by atoms with Crippen LogP contribution in [-0.4, -0.2) is 31.2 Å². The standard InChI is InChI=1S/C14H26N2O3/c1-9(2)12(16-14(18)19-4)13(17)15-10(3)11-7-5-6-8-11/h9-12H,5-8H2,1-4H3,(H,15,17)(H,16,18)/t10-,12-/m1/s1. The Labute approximate surface area is 115 Å². The largest absolute Gasteiger partial charge is 0.453 e. The summed E-state index contributed by atoms with van der Waals surface area (Å²) in [7, 11) is 1.30.